The molecule has 5 heterocycles. The number of aromatic nitrogens is 2. The van der Waals surface area contributed by atoms with Crippen LogP contribution < -0.4 is 30.9 Å². The minimum atomic E-state index is -2.56. The highest BCUT2D eigenvalue weighted by Crippen LogP contribution is 2.40. The predicted octanol–water partition coefficient (Wildman–Crippen LogP) is 6.34. The highest BCUT2D eigenvalue weighted by molar-refractivity contribution is 7.99. The largest absolute Gasteiger partial charge is 0.494 e. The normalized spacial score (nSPS) is 18.3. The molecule has 0 bridgehead atoms. The van der Waals surface area contributed by atoms with Crippen molar-refractivity contribution in [3.8, 4) is 5.75 Å². The number of carbonyl (C=O) groups excluding carboxylic acids is 4. The summed E-state index contributed by atoms with van der Waals surface area (Å²) in [5.41, 5.74) is 4.00. The summed E-state index contributed by atoms with van der Waals surface area (Å²) < 4.78 is 24.6. The van der Waals surface area contributed by atoms with Crippen LogP contribution in [0.4, 0.5) is 28.8 Å². The number of ether oxygens (including phenoxy) is 2. The van der Waals surface area contributed by atoms with Gasteiger partial charge < -0.3 is 39.4 Å². The van der Waals surface area contributed by atoms with Crippen molar-refractivity contribution in [2.24, 2.45) is 0 Å². The van der Waals surface area contributed by atoms with E-state index in [4.69, 9.17) is 21.1 Å². The molecule has 0 saturated carbocycles. The maximum atomic E-state index is 13.1. The van der Waals surface area contributed by atoms with Crippen LogP contribution in [0.1, 0.15) is 54.4 Å². The van der Waals surface area contributed by atoms with Crippen LogP contribution >= 0.6 is 30.5 Å². The molecular weight excluding hydrogens is 901 g/mol. The van der Waals surface area contributed by atoms with Crippen molar-refractivity contribution >= 4 is 88.3 Å². The number of fused-ring (bicyclic) bond motifs is 1. The molecule has 3 aromatic carbocycles. The molecule has 66 heavy (non-hydrogen) atoms. The number of benzene rings is 3. The Kier molecular flexibility index (Phi) is 15.2. The zero-order valence-electron chi connectivity index (χ0n) is 37.6. The number of piperazine rings is 1. The van der Waals surface area contributed by atoms with Gasteiger partial charge in [-0.3, -0.25) is 29.4 Å². The summed E-state index contributed by atoms with van der Waals surface area (Å²) >= 11 is 8.14. The molecule has 16 nitrogen and oxygen atoms in total. The fourth-order valence-corrected chi connectivity index (χ4v) is 11.4. The number of thioether (sulfide) groups is 1. The summed E-state index contributed by atoms with van der Waals surface area (Å²) in [6.07, 6.45) is 5.29. The Balaban J connectivity index is 0.730. The minimum Gasteiger partial charge on any atom is -0.494 e. The van der Waals surface area contributed by atoms with E-state index in [0.717, 1.165) is 67.3 Å². The molecule has 19 heteroatoms. The Hall–Kier alpha value is -5.19. The first-order chi connectivity index (χ1) is 31.9. The van der Waals surface area contributed by atoms with E-state index in [0.29, 0.717) is 96.5 Å². The number of nitrogens with zero attached hydrogens (tertiary/aromatic N) is 6. The van der Waals surface area contributed by atoms with Gasteiger partial charge in [-0.1, -0.05) is 29.8 Å². The van der Waals surface area contributed by atoms with Gasteiger partial charge in [0.2, 0.25) is 23.7 Å². The van der Waals surface area contributed by atoms with E-state index in [9.17, 15) is 23.7 Å². The maximum Gasteiger partial charge on any atom is 0.255 e. The third kappa shape index (κ3) is 11.1. The van der Waals surface area contributed by atoms with Crippen molar-refractivity contribution in [3.05, 3.63) is 83.0 Å². The molecule has 3 saturated heterocycles. The lowest BCUT2D eigenvalue weighted by Gasteiger charge is -2.43. The van der Waals surface area contributed by atoms with Crippen LogP contribution in [0.15, 0.2) is 71.8 Å². The zero-order valence-corrected chi connectivity index (χ0v) is 40.1. The van der Waals surface area contributed by atoms with Gasteiger partial charge in [-0.05, 0) is 81.0 Å². The van der Waals surface area contributed by atoms with Gasteiger partial charge in [0.25, 0.3) is 5.91 Å². The van der Waals surface area contributed by atoms with E-state index >= 15 is 0 Å². The second-order valence-electron chi connectivity index (χ2n) is 17.3. The number of hydrogen-bond acceptors (Lipinski definition) is 14. The molecule has 350 valence electrons. The average molecular weight is 959 g/mol. The lowest BCUT2D eigenvalue weighted by atomic mass is 10.0. The standard InChI is InChI=1S/C47H57ClN9O7PS/c1-63-39-28-32(12-13-36(39)51-47-49-29-35(48)44(53-47)50-37-9-4-5-10-40(37)65(2,3)62)54-19-16-31(17-20-54)55-21-23-56(24-22-55)43(59)18-26-64-25-7-27-66-41-11-6-8-33-34(41)30-57(46(33)61)38-14-15-42(58)52-45(38)60/h4-6,8-13,28-29,31,38H,7,14-27,30H2,1-3H3,(H,52,58,60)(H2,49,50,51,53). The molecule has 1 atom stereocenters. The molecule has 3 fully saturated rings. The van der Waals surface area contributed by atoms with Crippen LogP contribution in [0.2, 0.25) is 5.02 Å². The minimum absolute atomic E-state index is 0.127. The number of nitrogens with one attached hydrogen (secondary N) is 3. The second-order valence-corrected chi connectivity index (χ2v) is 22.0. The van der Waals surface area contributed by atoms with E-state index in [1.165, 1.54) is 6.20 Å². The van der Waals surface area contributed by atoms with Crippen molar-refractivity contribution in [1.82, 2.24) is 30.0 Å². The molecule has 3 N–H and O–H groups in total. The van der Waals surface area contributed by atoms with Crippen LogP contribution in [0.5, 0.6) is 5.75 Å². The number of carbonyl (C=O) groups is 4. The molecule has 1 aromatic heterocycles. The summed E-state index contributed by atoms with van der Waals surface area (Å²) in [6, 6.07) is 19.0. The molecular formula is C47H57ClN9O7PS. The number of piperidine rings is 2. The van der Waals surface area contributed by atoms with Gasteiger partial charge in [0.05, 0.1) is 37.7 Å². The van der Waals surface area contributed by atoms with Gasteiger partial charge in [-0.25, -0.2) is 4.98 Å². The van der Waals surface area contributed by atoms with E-state index in [-0.39, 0.29) is 24.1 Å². The zero-order chi connectivity index (χ0) is 46.4. The molecule has 4 aliphatic rings. The molecule has 0 aliphatic carbocycles. The highest BCUT2D eigenvalue weighted by Gasteiger charge is 2.40. The molecule has 4 aliphatic heterocycles. The number of hydrogen-bond donors (Lipinski definition) is 3. The predicted molar refractivity (Wildman–Crippen MR) is 259 cm³/mol. The lowest BCUT2D eigenvalue weighted by Crippen LogP contribution is -2.54. The number of anilines is 5. The van der Waals surface area contributed by atoms with Crippen molar-refractivity contribution in [3.63, 3.8) is 0 Å². The van der Waals surface area contributed by atoms with Gasteiger partial charge in [0, 0.05) is 98.2 Å². The van der Waals surface area contributed by atoms with Crippen LogP contribution in [-0.2, 0) is 30.2 Å². The Labute approximate surface area is 394 Å². The third-order valence-corrected chi connectivity index (χ3v) is 15.6. The molecule has 0 radical (unpaired) electrons. The fourth-order valence-electron chi connectivity index (χ4n) is 9.07. The van der Waals surface area contributed by atoms with E-state index in [1.54, 1.807) is 43.2 Å². The van der Waals surface area contributed by atoms with Crippen molar-refractivity contribution in [2.45, 2.75) is 62.0 Å². The smallest absolute Gasteiger partial charge is 0.255 e. The summed E-state index contributed by atoms with van der Waals surface area (Å²) in [6.45, 7) is 9.70. The topological polar surface area (TPSA) is 179 Å². The average Bonchev–Trinajstić information content (AvgIpc) is 3.65. The van der Waals surface area contributed by atoms with Gasteiger partial charge in [-0.15, -0.1) is 11.8 Å². The maximum absolute atomic E-state index is 13.1. The second kappa shape index (κ2) is 21.2. The molecule has 4 aromatic rings. The third-order valence-electron chi connectivity index (χ3n) is 12.6. The fraction of sp³-hybridized carbons (Fsp3) is 0.447. The first-order valence-corrected chi connectivity index (χ1v) is 26.5. The molecule has 1 unspecified atom stereocenters. The van der Waals surface area contributed by atoms with E-state index in [1.807, 2.05) is 53.4 Å². The number of para-hydroxylation sites is 1. The highest BCUT2D eigenvalue weighted by atomic mass is 35.5. The summed E-state index contributed by atoms with van der Waals surface area (Å²) in [5.74, 6) is 1.42. The quantitative estimate of drug-likeness (QED) is 0.0463. The first kappa shape index (κ1) is 47.3. The van der Waals surface area contributed by atoms with Gasteiger partial charge in [0.1, 0.15) is 24.0 Å². The molecule has 0 spiro atoms. The first-order valence-electron chi connectivity index (χ1n) is 22.5. The van der Waals surface area contributed by atoms with Crippen LogP contribution in [0.3, 0.4) is 0 Å². The van der Waals surface area contributed by atoms with Gasteiger partial charge >= 0.3 is 0 Å². The van der Waals surface area contributed by atoms with Crippen molar-refractivity contribution < 1.29 is 33.2 Å². The Morgan fingerprint density at radius 3 is 2.48 bits per heavy atom. The number of imide groups is 1. The molecule has 8 rings (SSSR count). The Morgan fingerprint density at radius 2 is 1.73 bits per heavy atom. The number of rotatable bonds is 17. The molecule has 4 amide bonds. The van der Waals surface area contributed by atoms with Crippen molar-refractivity contribution in [1.29, 1.82) is 0 Å². The SMILES string of the molecule is COc1cc(N2CCC(N3CCN(C(=O)CCOCCCSc4cccc5c4CN(C4CCC(=O)NC4=O)C5=O)CC3)CC2)ccc1Nc1ncc(Cl)c(Nc2ccccc2P(C)(C)=O)n1. The van der Waals surface area contributed by atoms with Crippen LogP contribution in [0.25, 0.3) is 0 Å². The Bertz CT molecular complexity index is 2500. The van der Waals surface area contributed by atoms with Crippen LogP contribution in [-0.4, -0.2) is 139 Å². The van der Waals surface area contributed by atoms with Crippen molar-refractivity contribution in [2.75, 3.05) is 94.2 Å². The summed E-state index contributed by atoms with van der Waals surface area (Å²) in [4.78, 5) is 68.8. The number of methoxy groups -OCH3 is 1. The summed E-state index contributed by atoms with van der Waals surface area (Å²) in [5, 5.41) is 9.91. The van der Waals surface area contributed by atoms with Crippen LogP contribution in [0, 0.1) is 0 Å². The lowest BCUT2D eigenvalue weighted by molar-refractivity contribution is -0.137. The summed E-state index contributed by atoms with van der Waals surface area (Å²) in [7, 11) is -0.917. The van der Waals surface area contributed by atoms with Gasteiger partial charge in [-0.2, -0.15) is 4.98 Å². The number of amides is 4. The van der Waals surface area contributed by atoms with E-state index < -0.39 is 19.1 Å². The van der Waals surface area contributed by atoms with E-state index in [2.05, 4.69) is 41.8 Å². The van der Waals surface area contributed by atoms with Gasteiger partial charge in [0.15, 0.2) is 5.82 Å². The monoisotopic (exact) mass is 957 g/mol. The Morgan fingerprint density at radius 1 is 0.939 bits per heavy atom. The number of halogens is 1.